The van der Waals surface area contributed by atoms with Crippen molar-refractivity contribution in [1.82, 2.24) is 15.2 Å². The number of carbonyl (C=O) groups is 2. The molecule has 34 heavy (non-hydrogen) atoms. The predicted octanol–water partition coefficient (Wildman–Crippen LogP) is 6.10. The Morgan fingerprint density at radius 3 is 2.18 bits per heavy atom. The average molecular weight is 527 g/mol. The Morgan fingerprint density at radius 2 is 1.62 bits per heavy atom. The Bertz CT molecular complexity index is 1220. The highest BCUT2D eigenvalue weighted by Crippen LogP contribution is 2.37. The molecule has 5 nitrogen and oxygen atoms in total. The molecule has 0 atom stereocenters. The Morgan fingerprint density at radius 1 is 1.00 bits per heavy atom. The molecule has 0 bridgehead atoms. The highest BCUT2D eigenvalue weighted by atomic mass is 79.9. The van der Waals surface area contributed by atoms with Crippen molar-refractivity contribution in [1.29, 1.82) is 0 Å². The summed E-state index contributed by atoms with van der Waals surface area (Å²) in [6.45, 7) is 16.0. The Hall–Kier alpha value is -2.60. The van der Waals surface area contributed by atoms with Crippen molar-refractivity contribution < 1.29 is 9.59 Å². The van der Waals surface area contributed by atoms with E-state index in [1.807, 2.05) is 59.1 Å². The third-order valence-corrected chi connectivity index (χ3v) is 6.43. The first-order valence-corrected chi connectivity index (χ1v) is 12.5. The molecule has 1 aromatic heterocycles. The minimum Gasteiger partial charge on any atom is -0.352 e. The molecule has 1 heterocycles. The van der Waals surface area contributed by atoms with Crippen molar-refractivity contribution in [2.45, 2.75) is 78.9 Å². The van der Waals surface area contributed by atoms with Crippen LogP contribution in [0.3, 0.4) is 0 Å². The van der Waals surface area contributed by atoms with Gasteiger partial charge in [0.2, 0.25) is 11.8 Å². The highest BCUT2D eigenvalue weighted by molar-refractivity contribution is 9.10. The first-order valence-electron chi connectivity index (χ1n) is 11.7. The summed E-state index contributed by atoms with van der Waals surface area (Å²) in [6.07, 6.45) is 0. The van der Waals surface area contributed by atoms with Gasteiger partial charge in [-0.25, -0.2) is 0 Å². The Kier molecular flexibility index (Phi) is 7.32. The van der Waals surface area contributed by atoms with Crippen LogP contribution in [0.5, 0.6) is 0 Å². The molecule has 0 aliphatic heterocycles. The van der Waals surface area contributed by atoms with E-state index < -0.39 is 5.41 Å². The van der Waals surface area contributed by atoms with Crippen LogP contribution in [0.4, 0.5) is 0 Å². The summed E-state index contributed by atoms with van der Waals surface area (Å²) >= 11 is 3.76. The number of hydrogen-bond donors (Lipinski definition) is 2. The maximum Gasteiger partial charge on any atom is 0.240 e. The van der Waals surface area contributed by atoms with E-state index in [0.717, 1.165) is 32.2 Å². The fraction of sp³-hybridized carbons (Fsp3) is 0.429. The van der Waals surface area contributed by atoms with Crippen LogP contribution < -0.4 is 10.6 Å². The Balaban J connectivity index is 2.17. The van der Waals surface area contributed by atoms with Crippen LogP contribution in [0, 0.1) is 6.92 Å². The van der Waals surface area contributed by atoms with Crippen molar-refractivity contribution in [3.8, 4) is 11.3 Å². The summed E-state index contributed by atoms with van der Waals surface area (Å²) in [4.78, 5) is 25.9. The molecular formula is C28H36BrN3O2. The molecule has 0 fully saturated rings. The first-order chi connectivity index (χ1) is 15.7. The molecule has 0 unspecified atom stereocenters. The molecular weight excluding hydrogens is 490 g/mol. The molecule has 0 saturated heterocycles. The molecule has 0 saturated carbocycles. The minimum atomic E-state index is -0.731. The van der Waals surface area contributed by atoms with Gasteiger partial charge in [0.05, 0.1) is 10.9 Å². The van der Waals surface area contributed by atoms with Gasteiger partial charge < -0.3 is 15.2 Å². The first kappa shape index (κ1) is 26.0. The zero-order chi connectivity index (χ0) is 25.4. The number of carbonyl (C=O) groups excluding carboxylic acids is 2. The molecule has 0 radical (unpaired) electrons. The number of nitrogens with one attached hydrogen (secondary N) is 2. The van der Waals surface area contributed by atoms with Gasteiger partial charge in [-0.05, 0) is 101 Å². The largest absolute Gasteiger partial charge is 0.352 e. The normalized spacial score (nSPS) is 12.3. The minimum absolute atomic E-state index is 0.0271. The monoisotopic (exact) mass is 525 g/mol. The molecule has 0 aliphatic rings. The average Bonchev–Trinajstić information content (AvgIpc) is 3.05. The van der Waals surface area contributed by atoms with Gasteiger partial charge in [-0.3, -0.25) is 9.59 Å². The molecule has 6 heteroatoms. The van der Waals surface area contributed by atoms with Crippen LogP contribution in [0.15, 0.2) is 46.9 Å². The quantitative estimate of drug-likeness (QED) is 0.408. The van der Waals surface area contributed by atoms with Crippen LogP contribution >= 0.6 is 15.9 Å². The van der Waals surface area contributed by atoms with Gasteiger partial charge in [0.25, 0.3) is 0 Å². The van der Waals surface area contributed by atoms with Crippen molar-refractivity contribution >= 4 is 38.6 Å². The van der Waals surface area contributed by atoms with E-state index in [1.165, 1.54) is 5.56 Å². The van der Waals surface area contributed by atoms with Crippen LogP contribution in [0.1, 0.15) is 59.6 Å². The lowest BCUT2D eigenvalue weighted by molar-refractivity contribution is -0.127. The molecule has 182 valence electrons. The third kappa shape index (κ3) is 5.72. The lowest BCUT2D eigenvalue weighted by Gasteiger charge is -2.30. The fourth-order valence-corrected chi connectivity index (χ4v) is 4.68. The zero-order valence-electron chi connectivity index (χ0n) is 21.5. The van der Waals surface area contributed by atoms with Crippen molar-refractivity contribution in [2.24, 2.45) is 0 Å². The summed E-state index contributed by atoms with van der Waals surface area (Å²) in [7, 11) is 0. The van der Waals surface area contributed by atoms with Gasteiger partial charge in [0.1, 0.15) is 6.54 Å². The molecule has 3 rings (SSSR count). The number of aryl methyl sites for hydroxylation is 1. The van der Waals surface area contributed by atoms with Gasteiger partial charge in [-0.2, -0.15) is 0 Å². The number of rotatable bonds is 6. The smallest absolute Gasteiger partial charge is 0.240 e. The van der Waals surface area contributed by atoms with Crippen LogP contribution in [0.2, 0.25) is 0 Å². The second-order valence-corrected chi connectivity index (χ2v) is 11.8. The van der Waals surface area contributed by atoms with Crippen molar-refractivity contribution in [3.05, 3.63) is 58.1 Å². The maximum atomic E-state index is 13.1. The highest BCUT2D eigenvalue weighted by Gasteiger charge is 2.33. The standard InChI is InChI=1S/C28H36BrN3O2/c1-17(2)30-24(33)16-32-23(19-11-9-18(3)10-12-19)14-20-13-21(15-22(29)25(20)32)28(7,8)26(34)31-27(4,5)6/h9-15,17H,16H2,1-8H3,(H,30,33)(H,31,34). The van der Waals surface area contributed by atoms with E-state index in [4.69, 9.17) is 0 Å². The molecule has 2 amide bonds. The molecule has 2 N–H and O–H groups in total. The van der Waals surface area contributed by atoms with E-state index in [0.29, 0.717) is 0 Å². The number of nitrogens with zero attached hydrogens (tertiary/aromatic N) is 1. The lowest BCUT2D eigenvalue weighted by Crippen LogP contribution is -2.48. The van der Waals surface area contributed by atoms with E-state index in [1.54, 1.807) is 0 Å². The lowest BCUT2D eigenvalue weighted by atomic mass is 9.82. The number of hydrogen-bond acceptors (Lipinski definition) is 2. The fourth-order valence-electron chi connectivity index (χ4n) is 3.99. The van der Waals surface area contributed by atoms with E-state index in [-0.39, 0.29) is 29.9 Å². The van der Waals surface area contributed by atoms with Crippen LogP contribution in [-0.2, 0) is 21.5 Å². The van der Waals surface area contributed by atoms with Crippen molar-refractivity contribution in [2.75, 3.05) is 0 Å². The van der Waals surface area contributed by atoms with Crippen LogP contribution in [-0.4, -0.2) is 28.0 Å². The van der Waals surface area contributed by atoms with E-state index >= 15 is 0 Å². The number of aromatic nitrogens is 1. The van der Waals surface area contributed by atoms with Gasteiger partial charge in [-0.15, -0.1) is 0 Å². The SMILES string of the molecule is Cc1ccc(-c2cc3cc(C(C)(C)C(=O)NC(C)(C)C)cc(Br)c3n2CC(=O)NC(C)C)cc1. The second kappa shape index (κ2) is 9.57. The van der Waals surface area contributed by atoms with Crippen molar-refractivity contribution in [3.63, 3.8) is 0 Å². The van der Waals surface area contributed by atoms with Gasteiger partial charge in [0.15, 0.2) is 0 Å². The van der Waals surface area contributed by atoms with Crippen LogP contribution in [0.25, 0.3) is 22.2 Å². The van der Waals surface area contributed by atoms with E-state index in [9.17, 15) is 9.59 Å². The van der Waals surface area contributed by atoms with Gasteiger partial charge in [0, 0.05) is 27.1 Å². The summed E-state index contributed by atoms with van der Waals surface area (Å²) in [5.74, 6) is -0.0672. The topological polar surface area (TPSA) is 63.1 Å². The molecule has 0 spiro atoms. The molecule has 3 aromatic rings. The zero-order valence-corrected chi connectivity index (χ0v) is 23.1. The number of fused-ring (bicyclic) bond motifs is 1. The second-order valence-electron chi connectivity index (χ2n) is 10.9. The predicted molar refractivity (Wildman–Crippen MR) is 144 cm³/mol. The summed E-state index contributed by atoms with van der Waals surface area (Å²) in [6, 6.07) is 14.5. The number of amides is 2. The summed E-state index contributed by atoms with van der Waals surface area (Å²) in [5.41, 5.74) is 3.98. The Labute approximate surface area is 211 Å². The number of halogens is 1. The summed E-state index contributed by atoms with van der Waals surface area (Å²) < 4.78 is 2.90. The third-order valence-electron chi connectivity index (χ3n) is 5.82. The van der Waals surface area contributed by atoms with E-state index in [2.05, 4.69) is 69.9 Å². The maximum absolute atomic E-state index is 13.1. The van der Waals surface area contributed by atoms with Gasteiger partial charge >= 0.3 is 0 Å². The molecule has 2 aromatic carbocycles. The summed E-state index contributed by atoms with van der Waals surface area (Å²) in [5, 5.41) is 7.08. The molecule has 0 aliphatic carbocycles. The van der Waals surface area contributed by atoms with Gasteiger partial charge in [-0.1, -0.05) is 29.8 Å². The number of benzene rings is 2.